The number of hydrogen-bond donors (Lipinski definition) is 0. The summed E-state index contributed by atoms with van der Waals surface area (Å²) in [5.41, 5.74) is -0.770. The first kappa shape index (κ1) is 23.4. The van der Waals surface area contributed by atoms with Crippen LogP contribution in [0.4, 0.5) is 0 Å². The number of carbonyl (C=O) groups is 4. The van der Waals surface area contributed by atoms with E-state index in [-0.39, 0.29) is 22.7 Å². The molecule has 3 aromatic rings. The van der Waals surface area contributed by atoms with Crippen LogP contribution in [0.3, 0.4) is 0 Å². The zero-order chi connectivity index (χ0) is 25.4. The van der Waals surface area contributed by atoms with Crippen molar-refractivity contribution >= 4 is 58.2 Å². The molecule has 6 rings (SSSR count). The summed E-state index contributed by atoms with van der Waals surface area (Å²) in [5, 5.41) is 1.08. The van der Waals surface area contributed by atoms with Gasteiger partial charge in [0.15, 0.2) is 0 Å². The first-order valence-corrected chi connectivity index (χ1v) is 12.3. The Balaban J connectivity index is 1.49. The minimum atomic E-state index is -2.15. The number of amides is 2. The molecule has 3 aliphatic rings. The van der Waals surface area contributed by atoms with Crippen molar-refractivity contribution in [3.05, 3.63) is 104 Å². The molecule has 2 saturated heterocycles. The second-order valence-corrected chi connectivity index (χ2v) is 10.3. The molecule has 0 bridgehead atoms. The minimum absolute atomic E-state index is 0.0334. The van der Waals surface area contributed by atoms with E-state index in [0.717, 1.165) is 4.90 Å². The van der Waals surface area contributed by atoms with Gasteiger partial charge in [-0.05, 0) is 29.8 Å². The highest BCUT2D eigenvalue weighted by Crippen LogP contribution is 2.58. The monoisotopic (exact) mass is 539 g/mol. The molecule has 2 fully saturated rings. The Hall–Kier alpha value is -3.03. The van der Waals surface area contributed by atoms with E-state index in [4.69, 9.17) is 39.5 Å². The molecule has 0 N–H and O–H groups in total. The van der Waals surface area contributed by atoms with E-state index in [1.165, 1.54) is 18.2 Å². The molecular weight excluding hydrogens is 525 g/mol. The van der Waals surface area contributed by atoms with E-state index < -0.39 is 46.9 Å². The third-order valence-electron chi connectivity index (χ3n) is 7.13. The average Bonchev–Trinajstić information content (AvgIpc) is 3.41. The number of nitrogens with zero attached hydrogens (tertiary/aromatic N) is 1. The summed E-state index contributed by atoms with van der Waals surface area (Å²) >= 11 is 18.5. The molecule has 3 aromatic carbocycles. The lowest BCUT2D eigenvalue weighted by Crippen LogP contribution is -2.50. The van der Waals surface area contributed by atoms with Gasteiger partial charge in [-0.3, -0.25) is 24.1 Å². The fraction of sp³-hybridized carbons (Fsp3) is 0.185. The first-order chi connectivity index (χ1) is 17.2. The fourth-order valence-corrected chi connectivity index (χ4v) is 6.16. The van der Waals surface area contributed by atoms with E-state index in [0.29, 0.717) is 21.2 Å². The molecule has 0 radical (unpaired) electrons. The van der Waals surface area contributed by atoms with Crippen LogP contribution in [-0.4, -0.2) is 33.9 Å². The molecule has 1 spiro atoms. The van der Waals surface area contributed by atoms with Crippen LogP contribution in [0.1, 0.15) is 37.9 Å². The van der Waals surface area contributed by atoms with Crippen molar-refractivity contribution in [3.8, 4) is 0 Å². The third kappa shape index (κ3) is 3.15. The van der Waals surface area contributed by atoms with Crippen LogP contribution in [0.15, 0.2) is 66.7 Å². The zero-order valence-corrected chi connectivity index (χ0v) is 20.7. The number of ketones is 2. The molecule has 0 aromatic heterocycles. The van der Waals surface area contributed by atoms with E-state index in [9.17, 15) is 19.2 Å². The van der Waals surface area contributed by atoms with E-state index in [2.05, 4.69) is 0 Å². The second-order valence-electron chi connectivity index (χ2n) is 9.04. The van der Waals surface area contributed by atoms with Gasteiger partial charge in [0.2, 0.25) is 29.0 Å². The molecule has 3 atom stereocenters. The van der Waals surface area contributed by atoms with Crippen molar-refractivity contribution in [1.29, 1.82) is 0 Å². The molecule has 180 valence electrons. The molecule has 1 aliphatic carbocycles. The Bertz CT molecular complexity index is 1450. The molecule has 0 saturated carbocycles. The molecule has 0 unspecified atom stereocenters. The van der Waals surface area contributed by atoms with E-state index >= 15 is 0 Å². The number of Topliss-reactive ketones (excluding diaryl/α,β-unsaturated/α-hetero) is 2. The van der Waals surface area contributed by atoms with Crippen molar-refractivity contribution < 1.29 is 23.9 Å². The van der Waals surface area contributed by atoms with Gasteiger partial charge in [-0.1, -0.05) is 77.3 Å². The van der Waals surface area contributed by atoms with Crippen LogP contribution in [-0.2, 0) is 20.9 Å². The summed E-state index contributed by atoms with van der Waals surface area (Å²) < 4.78 is 6.23. The highest BCUT2D eigenvalue weighted by Gasteiger charge is 2.74. The Morgan fingerprint density at radius 1 is 0.778 bits per heavy atom. The van der Waals surface area contributed by atoms with Gasteiger partial charge in [0.1, 0.15) is 0 Å². The Morgan fingerprint density at radius 3 is 2.00 bits per heavy atom. The Labute approximate surface area is 220 Å². The van der Waals surface area contributed by atoms with Gasteiger partial charge in [0.25, 0.3) is 0 Å². The van der Waals surface area contributed by atoms with Gasteiger partial charge >= 0.3 is 0 Å². The topological polar surface area (TPSA) is 80.8 Å². The highest BCUT2D eigenvalue weighted by molar-refractivity contribution is 6.36. The summed E-state index contributed by atoms with van der Waals surface area (Å²) in [6.45, 7) is -0.0334. The number of ether oxygens (including phenoxy) is 1. The normalized spacial score (nSPS) is 24.1. The Morgan fingerprint density at radius 2 is 1.39 bits per heavy atom. The van der Waals surface area contributed by atoms with Crippen LogP contribution in [0.2, 0.25) is 15.1 Å². The molecule has 36 heavy (non-hydrogen) atoms. The maximum Gasteiger partial charge on any atom is 0.237 e. The van der Waals surface area contributed by atoms with Crippen molar-refractivity contribution in [2.45, 2.75) is 18.2 Å². The number of hydrogen-bond acceptors (Lipinski definition) is 5. The summed E-state index contributed by atoms with van der Waals surface area (Å²) in [7, 11) is 0. The lowest BCUT2D eigenvalue weighted by molar-refractivity contribution is -0.145. The van der Waals surface area contributed by atoms with Crippen LogP contribution < -0.4 is 0 Å². The first-order valence-electron chi connectivity index (χ1n) is 11.1. The number of fused-ring (bicyclic) bond motifs is 3. The average molecular weight is 541 g/mol. The Kier molecular flexibility index (Phi) is 5.36. The smallest absolute Gasteiger partial charge is 0.237 e. The van der Waals surface area contributed by atoms with Gasteiger partial charge in [-0.25, -0.2) is 0 Å². The number of benzene rings is 3. The summed E-state index contributed by atoms with van der Waals surface area (Å²) in [6, 6.07) is 17.7. The number of likely N-dealkylation sites (tertiary alicyclic amines) is 1. The number of rotatable bonds is 3. The molecule has 9 heteroatoms. The fourth-order valence-electron chi connectivity index (χ4n) is 5.52. The van der Waals surface area contributed by atoms with Crippen LogP contribution in [0.5, 0.6) is 0 Å². The summed E-state index contributed by atoms with van der Waals surface area (Å²) in [6.07, 6.45) is -1.10. The predicted octanol–water partition coefficient (Wildman–Crippen LogP) is 5.34. The maximum absolute atomic E-state index is 13.8. The van der Waals surface area contributed by atoms with Crippen molar-refractivity contribution in [2.24, 2.45) is 11.8 Å². The van der Waals surface area contributed by atoms with E-state index in [1.807, 2.05) is 0 Å². The van der Waals surface area contributed by atoms with Gasteiger partial charge < -0.3 is 4.74 Å². The van der Waals surface area contributed by atoms with Gasteiger partial charge in [0, 0.05) is 31.8 Å². The van der Waals surface area contributed by atoms with Gasteiger partial charge in [-0.2, -0.15) is 0 Å². The second kappa shape index (κ2) is 8.25. The van der Waals surface area contributed by atoms with Crippen LogP contribution >= 0.6 is 34.8 Å². The zero-order valence-electron chi connectivity index (χ0n) is 18.4. The molecule has 2 aliphatic heterocycles. The minimum Gasteiger partial charge on any atom is -0.349 e. The molecule has 6 nitrogen and oxygen atoms in total. The molecular formula is C27H16Cl3NO5. The largest absolute Gasteiger partial charge is 0.349 e. The summed E-state index contributed by atoms with van der Waals surface area (Å²) in [4.78, 5) is 56.2. The third-order valence-corrected chi connectivity index (χ3v) is 7.95. The van der Waals surface area contributed by atoms with Gasteiger partial charge in [-0.15, -0.1) is 0 Å². The lowest BCUT2D eigenvalue weighted by Gasteiger charge is -2.27. The summed E-state index contributed by atoms with van der Waals surface area (Å²) in [5.74, 6) is -4.88. The van der Waals surface area contributed by atoms with Crippen molar-refractivity contribution in [3.63, 3.8) is 0 Å². The number of carbonyl (C=O) groups excluding carboxylic acids is 4. The molecule has 2 heterocycles. The quantitative estimate of drug-likeness (QED) is 0.331. The number of imide groups is 1. The van der Waals surface area contributed by atoms with Crippen molar-refractivity contribution in [1.82, 2.24) is 4.90 Å². The van der Waals surface area contributed by atoms with Crippen molar-refractivity contribution in [2.75, 3.05) is 0 Å². The predicted molar refractivity (Wildman–Crippen MR) is 132 cm³/mol. The number of halogens is 3. The standard InChI is InChI=1S/C27H16Cl3NO5/c28-14-7-5-13(6-8-14)12-31-25(34)20-21(26(31)35)27(23(32)16-3-1-2-4-17(16)24(27)33)36-22(20)18-10-9-15(29)11-19(18)30/h1-11,20-22H,12H2/t20-,21+,22+/m1/s1. The SMILES string of the molecule is O=C1[C@@H]2[C@@H](C(=O)N1Cc1ccc(Cl)cc1)C1(O[C@H]2c2ccc(Cl)cc2Cl)C(=O)c2ccccc2C1=O. The van der Waals surface area contributed by atoms with E-state index in [1.54, 1.807) is 48.5 Å². The maximum atomic E-state index is 13.8. The van der Waals surface area contributed by atoms with Crippen LogP contribution in [0, 0.1) is 11.8 Å². The van der Waals surface area contributed by atoms with Crippen LogP contribution in [0.25, 0.3) is 0 Å². The van der Waals surface area contributed by atoms with Gasteiger partial charge in [0.05, 0.1) is 24.5 Å². The molecule has 2 amide bonds. The highest BCUT2D eigenvalue weighted by atomic mass is 35.5. The lowest BCUT2D eigenvalue weighted by atomic mass is 9.77.